The fourth-order valence-electron chi connectivity index (χ4n) is 4.02. The molecule has 194 valence electrons. The summed E-state index contributed by atoms with van der Waals surface area (Å²) >= 11 is 6.35. The number of hydrogen-bond acceptors (Lipinski definition) is 8. The number of ether oxygens (including phenoxy) is 4. The molecule has 0 aliphatic rings. The number of methoxy groups -OCH3 is 4. The van der Waals surface area contributed by atoms with Gasteiger partial charge >= 0.3 is 0 Å². The van der Waals surface area contributed by atoms with Crippen molar-refractivity contribution in [3.05, 3.63) is 65.2 Å². The molecule has 2 heterocycles. The molecule has 0 fully saturated rings. The molecule has 2 aromatic carbocycles. The Morgan fingerprint density at radius 1 is 0.973 bits per heavy atom. The van der Waals surface area contributed by atoms with Gasteiger partial charge in [0.25, 0.3) is 5.01 Å². The molecule has 4 aromatic rings. The van der Waals surface area contributed by atoms with Gasteiger partial charge in [0.1, 0.15) is 17.5 Å². The number of thiazole rings is 1. The smallest absolute Gasteiger partial charge is 0.263 e. The third-order valence-corrected chi connectivity index (χ3v) is 7.70. The molecule has 0 amide bonds. The predicted octanol–water partition coefficient (Wildman–Crippen LogP) is 6.22. The van der Waals surface area contributed by atoms with Gasteiger partial charge in [0, 0.05) is 41.4 Å². The first-order valence-electron chi connectivity index (χ1n) is 11.5. The number of thiol groups is 1. The average Bonchev–Trinajstić information content (AvgIpc) is 3.55. The standard InChI is InChI=1S/C28H30N2O5S2/c1-17(29(2)19-13-22(31-4)24(33-6)15-26(19)36)11-18(21-9-8-10-35-21)12-28-30(3)20-14-23(32-5)25(34-7)16-27(20)37-28/h8-16H,1-7H3/p+1. The zero-order valence-corrected chi connectivity index (χ0v) is 23.7. The molecule has 0 aliphatic carbocycles. The molecule has 2 aromatic heterocycles. The van der Waals surface area contributed by atoms with Crippen molar-refractivity contribution < 1.29 is 27.9 Å². The second-order valence-electron chi connectivity index (χ2n) is 8.29. The lowest BCUT2D eigenvalue weighted by molar-refractivity contribution is -0.642. The van der Waals surface area contributed by atoms with Gasteiger partial charge in [-0.25, -0.2) is 0 Å². The fraction of sp³-hybridized carbons (Fsp3) is 0.250. The number of nitrogens with zero attached hydrogens (tertiary/aromatic N) is 2. The Balaban J connectivity index is 1.79. The van der Waals surface area contributed by atoms with Crippen LogP contribution in [0.15, 0.2) is 63.7 Å². The van der Waals surface area contributed by atoms with E-state index in [1.165, 1.54) is 0 Å². The molecular weight excluding hydrogens is 508 g/mol. The highest BCUT2D eigenvalue weighted by atomic mass is 32.1. The molecule has 0 saturated carbocycles. The van der Waals surface area contributed by atoms with Crippen molar-refractivity contribution in [3.63, 3.8) is 0 Å². The number of anilines is 1. The maximum atomic E-state index is 5.80. The molecule has 0 N–H and O–H groups in total. The zero-order valence-electron chi connectivity index (χ0n) is 22.0. The number of aryl methyl sites for hydroxylation is 1. The van der Waals surface area contributed by atoms with Gasteiger partial charge in [0.2, 0.25) is 5.52 Å². The summed E-state index contributed by atoms with van der Waals surface area (Å²) in [4.78, 5) is 2.83. The molecule has 0 aliphatic heterocycles. The van der Waals surface area contributed by atoms with Crippen LogP contribution in [0.3, 0.4) is 0 Å². The van der Waals surface area contributed by atoms with Crippen molar-refractivity contribution in [1.82, 2.24) is 0 Å². The summed E-state index contributed by atoms with van der Waals surface area (Å²) in [5.74, 6) is 3.43. The van der Waals surface area contributed by atoms with Gasteiger partial charge in [-0.15, -0.1) is 12.6 Å². The summed E-state index contributed by atoms with van der Waals surface area (Å²) in [6.45, 7) is 2.04. The van der Waals surface area contributed by atoms with E-state index in [-0.39, 0.29) is 0 Å². The summed E-state index contributed by atoms with van der Waals surface area (Å²) in [6.07, 6.45) is 5.89. The lowest BCUT2D eigenvalue weighted by Crippen LogP contribution is -2.29. The van der Waals surface area contributed by atoms with Gasteiger partial charge in [-0.05, 0) is 31.2 Å². The topological polar surface area (TPSA) is 57.2 Å². The quantitative estimate of drug-likeness (QED) is 0.155. The molecule has 4 rings (SSSR count). The summed E-state index contributed by atoms with van der Waals surface area (Å²) < 4.78 is 31.0. The molecule has 37 heavy (non-hydrogen) atoms. The van der Waals surface area contributed by atoms with Crippen LogP contribution >= 0.6 is 24.0 Å². The lowest BCUT2D eigenvalue weighted by atomic mass is 10.1. The van der Waals surface area contributed by atoms with E-state index in [9.17, 15) is 0 Å². The molecular formula is C28H31N2O5S2+. The minimum Gasteiger partial charge on any atom is -0.493 e. The van der Waals surface area contributed by atoms with Gasteiger partial charge in [-0.2, -0.15) is 4.57 Å². The Morgan fingerprint density at radius 3 is 2.22 bits per heavy atom. The normalized spacial score (nSPS) is 12.1. The third-order valence-electron chi connectivity index (χ3n) is 6.19. The Hall–Kier alpha value is -3.56. The highest BCUT2D eigenvalue weighted by Gasteiger charge is 2.21. The number of fused-ring (bicyclic) bond motifs is 1. The van der Waals surface area contributed by atoms with Crippen molar-refractivity contribution in [2.24, 2.45) is 7.05 Å². The maximum absolute atomic E-state index is 5.80. The van der Waals surface area contributed by atoms with Crippen LogP contribution in [-0.4, -0.2) is 35.5 Å². The highest BCUT2D eigenvalue weighted by molar-refractivity contribution is 7.80. The van der Waals surface area contributed by atoms with Crippen LogP contribution in [0.4, 0.5) is 5.69 Å². The molecule has 9 heteroatoms. The SMILES string of the molecule is COc1cc(S)c(N(C)/C(C)=C\C(=Cc2sc3cc(OC)c(OC)cc3[n+]2C)c2ccco2)cc1OC. The minimum absolute atomic E-state index is 0.632. The summed E-state index contributed by atoms with van der Waals surface area (Å²) in [5, 5.41) is 1.05. The van der Waals surface area contributed by atoms with Crippen LogP contribution in [0.5, 0.6) is 23.0 Å². The monoisotopic (exact) mass is 539 g/mol. The predicted molar refractivity (Wildman–Crippen MR) is 152 cm³/mol. The van der Waals surface area contributed by atoms with Gasteiger partial charge in [-0.3, -0.25) is 0 Å². The first kappa shape index (κ1) is 26.5. The number of rotatable bonds is 9. The van der Waals surface area contributed by atoms with Gasteiger partial charge in [0.05, 0.1) is 46.5 Å². The van der Waals surface area contributed by atoms with Crippen LogP contribution in [0.2, 0.25) is 0 Å². The number of allylic oxidation sites excluding steroid dienone is 3. The number of furan rings is 1. The van der Waals surface area contributed by atoms with Crippen molar-refractivity contribution in [2.45, 2.75) is 11.8 Å². The zero-order chi connectivity index (χ0) is 26.7. The Morgan fingerprint density at radius 2 is 1.59 bits per heavy atom. The van der Waals surface area contributed by atoms with Crippen LogP contribution in [0.1, 0.15) is 17.7 Å². The second-order valence-corrected chi connectivity index (χ2v) is 9.84. The Kier molecular flexibility index (Phi) is 8.04. The molecule has 0 radical (unpaired) electrons. The Labute approximate surface area is 226 Å². The van der Waals surface area contributed by atoms with E-state index < -0.39 is 0 Å². The van der Waals surface area contributed by atoms with E-state index in [1.54, 1.807) is 46.0 Å². The molecule has 7 nitrogen and oxygen atoms in total. The van der Waals surface area contributed by atoms with E-state index in [1.807, 2.05) is 57.4 Å². The van der Waals surface area contributed by atoms with Crippen LogP contribution < -0.4 is 28.4 Å². The van der Waals surface area contributed by atoms with Crippen molar-refractivity contribution in [3.8, 4) is 23.0 Å². The molecule has 0 saturated heterocycles. The van der Waals surface area contributed by atoms with E-state index in [0.29, 0.717) is 23.0 Å². The number of hydrogen-bond donors (Lipinski definition) is 1. The molecule has 0 atom stereocenters. The summed E-state index contributed by atoms with van der Waals surface area (Å²) in [5.41, 5.74) is 3.85. The second kappa shape index (κ2) is 11.2. The van der Waals surface area contributed by atoms with Gasteiger partial charge in [-0.1, -0.05) is 11.3 Å². The summed E-state index contributed by atoms with van der Waals surface area (Å²) in [6, 6.07) is 11.6. The van der Waals surface area contributed by atoms with Crippen molar-refractivity contribution >= 4 is 51.5 Å². The summed E-state index contributed by atoms with van der Waals surface area (Å²) in [7, 11) is 10.5. The van der Waals surface area contributed by atoms with Crippen molar-refractivity contribution in [1.29, 1.82) is 0 Å². The van der Waals surface area contributed by atoms with E-state index in [2.05, 4.69) is 34.2 Å². The fourth-order valence-corrected chi connectivity index (χ4v) is 5.46. The first-order chi connectivity index (χ1) is 17.8. The maximum Gasteiger partial charge on any atom is 0.263 e. The van der Waals surface area contributed by atoms with Gasteiger partial charge < -0.3 is 28.3 Å². The van der Waals surface area contributed by atoms with E-state index >= 15 is 0 Å². The molecule has 0 bridgehead atoms. The van der Waals surface area contributed by atoms with Crippen LogP contribution in [0, 0.1) is 0 Å². The van der Waals surface area contributed by atoms with Crippen molar-refractivity contribution in [2.75, 3.05) is 40.4 Å². The third kappa shape index (κ3) is 5.28. The largest absolute Gasteiger partial charge is 0.493 e. The minimum atomic E-state index is 0.632. The molecule has 0 unspecified atom stereocenters. The van der Waals surface area contributed by atoms with Crippen LogP contribution in [0.25, 0.3) is 21.9 Å². The van der Waals surface area contributed by atoms with Crippen LogP contribution in [-0.2, 0) is 7.05 Å². The van der Waals surface area contributed by atoms with E-state index in [4.69, 9.17) is 23.4 Å². The Bertz CT molecular complexity index is 1470. The first-order valence-corrected chi connectivity index (χ1v) is 12.7. The van der Waals surface area contributed by atoms with Gasteiger partial charge in [0.15, 0.2) is 23.0 Å². The molecule has 0 spiro atoms. The average molecular weight is 540 g/mol. The van der Waals surface area contributed by atoms with E-state index in [0.717, 1.165) is 42.8 Å². The lowest BCUT2D eigenvalue weighted by Gasteiger charge is -2.23. The number of aromatic nitrogens is 1. The number of benzene rings is 2. The highest BCUT2D eigenvalue weighted by Crippen LogP contribution is 2.38.